The number of thiophene rings is 1. The number of fused-ring (bicyclic) bond motifs is 1. The van der Waals surface area contributed by atoms with Gasteiger partial charge in [0.05, 0.1) is 4.34 Å². The van der Waals surface area contributed by atoms with Gasteiger partial charge in [0.15, 0.2) is 27.3 Å². The fourth-order valence-electron chi connectivity index (χ4n) is 3.30. The Kier molecular flexibility index (Phi) is 5.98. The first-order valence-corrected chi connectivity index (χ1v) is 12.3. The van der Waals surface area contributed by atoms with E-state index in [1.165, 1.54) is 24.5 Å². The second kappa shape index (κ2) is 8.57. The smallest absolute Gasteiger partial charge is 0.264 e. The third-order valence-corrected chi connectivity index (χ3v) is 8.26. The molecule has 1 aromatic carbocycles. The number of pyridine rings is 2. The molecule has 0 N–H and O–H groups in total. The van der Waals surface area contributed by atoms with Crippen LogP contribution in [0.4, 0.5) is 4.39 Å². The molecular weight excluding hydrogens is 475 g/mol. The summed E-state index contributed by atoms with van der Waals surface area (Å²) in [5.41, 5.74) is 0.788. The van der Waals surface area contributed by atoms with Crippen molar-refractivity contribution < 1.29 is 17.6 Å². The molecule has 0 bridgehead atoms. The Morgan fingerprint density at radius 2 is 1.97 bits per heavy atom. The first-order chi connectivity index (χ1) is 15.1. The molecule has 0 radical (unpaired) electrons. The van der Waals surface area contributed by atoms with Crippen LogP contribution in [0, 0.1) is 12.7 Å². The normalized spacial score (nSPS) is 11.7. The summed E-state index contributed by atoms with van der Waals surface area (Å²) in [7, 11) is -3.82. The van der Waals surface area contributed by atoms with Crippen molar-refractivity contribution in [2.45, 2.75) is 17.6 Å². The molecule has 10 heteroatoms. The summed E-state index contributed by atoms with van der Waals surface area (Å²) in [5, 5.41) is 1.17. The quantitative estimate of drug-likeness (QED) is 0.405. The zero-order valence-electron chi connectivity index (χ0n) is 16.7. The van der Waals surface area contributed by atoms with Crippen LogP contribution >= 0.6 is 22.9 Å². The first-order valence-electron chi connectivity index (χ1n) is 9.41. The van der Waals surface area contributed by atoms with Gasteiger partial charge in [-0.25, -0.2) is 17.8 Å². The topological polar surface area (TPSA) is 86.1 Å². The monoisotopic (exact) mass is 490 g/mol. The van der Waals surface area contributed by atoms with E-state index in [2.05, 4.69) is 4.98 Å². The lowest BCUT2D eigenvalue weighted by Crippen LogP contribution is -2.21. The average Bonchev–Trinajstić information content (AvgIpc) is 3.16. The number of benzene rings is 1. The Labute approximate surface area is 191 Å². The van der Waals surface area contributed by atoms with Crippen LogP contribution < -0.4 is 5.56 Å². The lowest BCUT2D eigenvalue weighted by molar-refractivity contribution is -0.116. The van der Waals surface area contributed by atoms with Crippen molar-refractivity contribution in [3.63, 3.8) is 0 Å². The highest BCUT2D eigenvalue weighted by atomic mass is 35.5. The Bertz CT molecular complexity index is 1530. The van der Waals surface area contributed by atoms with Gasteiger partial charge in [-0.1, -0.05) is 29.3 Å². The molecule has 0 spiro atoms. The lowest BCUT2D eigenvalue weighted by Gasteiger charge is -2.09. The van der Waals surface area contributed by atoms with Crippen molar-refractivity contribution in [1.82, 2.24) is 9.55 Å². The number of carbonyl (C=O) groups excluding carboxylic acids is 1. The van der Waals surface area contributed by atoms with E-state index < -0.39 is 32.7 Å². The lowest BCUT2D eigenvalue weighted by atomic mass is 10.1. The number of halogens is 2. The first kappa shape index (κ1) is 22.3. The van der Waals surface area contributed by atoms with Crippen LogP contribution in [0.5, 0.6) is 0 Å². The van der Waals surface area contributed by atoms with Crippen LogP contribution in [0.3, 0.4) is 0 Å². The molecule has 0 atom stereocenters. The molecule has 4 rings (SSSR count). The molecule has 3 aromatic heterocycles. The van der Waals surface area contributed by atoms with E-state index in [-0.39, 0.29) is 22.0 Å². The van der Waals surface area contributed by atoms with E-state index in [1.807, 2.05) is 13.0 Å². The molecule has 0 aliphatic carbocycles. The van der Waals surface area contributed by atoms with E-state index in [0.29, 0.717) is 9.72 Å². The predicted octanol–water partition coefficient (Wildman–Crippen LogP) is 4.13. The fraction of sp³-hybridized carbons (Fsp3) is 0.136. The molecular formula is C22H16ClFN2O4S2. The third-order valence-electron chi connectivity index (χ3n) is 4.77. The summed E-state index contributed by atoms with van der Waals surface area (Å²) in [6.07, 6.45) is 2.39. The number of carbonyl (C=O) groups is 1. The third kappa shape index (κ3) is 4.50. The minimum absolute atomic E-state index is 0.00127. The highest BCUT2D eigenvalue weighted by Gasteiger charge is 2.22. The van der Waals surface area contributed by atoms with Crippen LogP contribution in [-0.2, 0) is 21.1 Å². The number of aryl methyl sites for hydroxylation is 1. The number of ketones is 1. The molecule has 0 unspecified atom stereocenters. The maximum Gasteiger partial charge on any atom is 0.264 e. The largest absolute Gasteiger partial charge is 0.298 e. The molecule has 0 saturated carbocycles. The van der Waals surface area contributed by atoms with Crippen molar-refractivity contribution >= 4 is 49.3 Å². The van der Waals surface area contributed by atoms with E-state index in [4.69, 9.17) is 11.6 Å². The second-order valence-corrected chi connectivity index (χ2v) is 11.2. The number of Topliss-reactive ketones (excluding diaryl/α,β-unsaturated/α-hetero) is 1. The summed E-state index contributed by atoms with van der Waals surface area (Å²) >= 11 is 6.63. The average molecular weight is 491 g/mol. The summed E-state index contributed by atoms with van der Waals surface area (Å²) in [6, 6.07) is 10.9. The molecule has 0 aliphatic rings. The molecule has 4 aromatic rings. The molecule has 0 saturated heterocycles. The zero-order valence-corrected chi connectivity index (χ0v) is 19.1. The van der Waals surface area contributed by atoms with Crippen LogP contribution in [0.25, 0.3) is 16.6 Å². The number of aromatic nitrogens is 2. The van der Waals surface area contributed by atoms with Crippen molar-refractivity contribution in [1.29, 1.82) is 0 Å². The van der Waals surface area contributed by atoms with Gasteiger partial charge in [0.1, 0.15) is 9.96 Å². The highest BCUT2D eigenvalue weighted by molar-refractivity contribution is 7.94. The molecule has 164 valence electrons. The number of sulfone groups is 1. The van der Waals surface area contributed by atoms with Gasteiger partial charge >= 0.3 is 0 Å². The summed E-state index contributed by atoms with van der Waals surface area (Å²) < 4.78 is 40.8. The minimum atomic E-state index is -3.82. The maximum atomic E-state index is 14.8. The maximum absolute atomic E-state index is 14.8. The SMILES string of the molecule is Cc1ccc2c(=O)n(-c3ncc(CC(=O)CS(=O)(=O)c4ccc(Cl)s4)cc3F)ccc2c1. The van der Waals surface area contributed by atoms with Crippen LogP contribution in [0.15, 0.2) is 63.9 Å². The van der Waals surface area contributed by atoms with Crippen LogP contribution in [0.1, 0.15) is 11.1 Å². The van der Waals surface area contributed by atoms with Gasteiger partial charge in [-0.2, -0.15) is 0 Å². The second-order valence-electron chi connectivity index (χ2n) is 7.26. The van der Waals surface area contributed by atoms with E-state index >= 15 is 0 Å². The Morgan fingerprint density at radius 3 is 2.66 bits per heavy atom. The standard InChI is InChI=1S/C22H16ClFN2O4S2/c1-13-2-3-17-15(8-13)6-7-26(22(17)28)21-18(24)10-14(11-25-21)9-16(27)12-32(29,30)20-5-4-19(23)31-20/h2-8,10-11H,9,12H2,1H3. The number of hydrogen-bond acceptors (Lipinski definition) is 6. The van der Waals surface area contributed by atoms with Crippen molar-refractivity contribution in [3.8, 4) is 5.82 Å². The molecule has 32 heavy (non-hydrogen) atoms. The van der Waals surface area contributed by atoms with E-state index in [9.17, 15) is 22.4 Å². The summed E-state index contributed by atoms with van der Waals surface area (Å²) in [4.78, 5) is 29.1. The Balaban J connectivity index is 1.57. The fourth-order valence-corrected chi connectivity index (χ4v) is 6.12. The minimum Gasteiger partial charge on any atom is -0.298 e. The van der Waals surface area contributed by atoms with E-state index in [0.717, 1.165) is 32.9 Å². The van der Waals surface area contributed by atoms with Gasteiger partial charge < -0.3 is 0 Å². The Hall–Kier alpha value is -2.88. The number of nitrogens with zero attached hydrogens (tertiary/aromatic N) is 2. The van der Waals surface area contributed by atoms with Crippen molar-refractivity contribution in [2.24, 2.45) is 0 Å². The molecule has 6 nitrogen and oxygen atoms in total. The predicted molar refractivity (Wildman–Crippen MR) is 122 cm³/mol. The van der Waals surface area contributed by atoms with Crippen molar-refractivity contribution in [3.05, 3.63) is 86.5 Å². The number of rotatable bonds is 6. The van der Waals surface area contributed by atoms with Crippen molar-refractivity contribution in [2.75, 3.05) is 5.75 Å². The van der Waals surface area contributed by atoms with Gasteiger partial charge in [0.25, 0.3) is 5.56 Å². The summed E-state index contributed by atoms with van der Waals surface area (Å²) in [6.45, 7) is 1.91. The molecule has 3 heterocycles. The van der Waals surface area contributed by atoms with Gasteiger partial charge in [0.2, 0.25) is 0 Å². The van der Waals surface area contributed by atoms with Gasteiger partial charge in [0, 0.05) is 24.2 Å². The van der Waals surface area contributed by atoms with Gasteiger partial charge in [-0.05, 0) is 48.2 Å². The van der Waals surface area contributed by atoms with Crippen LogP contribution in [0.2, 0.25) is 4.34 Å². The zero-order chi connectivity index (χ0) is 23.0. The van der Waals surface area contributed by atoms with Crippen LogP contribution in [-0.4, -0.2) is 29.5 Å². The Morgan fingerprint density at radius 1 is 1.19 bits per heavy atom. The summed E-state index contributed by atoms with van der Waals surface area (Å²) in [5.74, 6) is -2.33. The molecule has 0 amide bonds. The van der Waals surface area contributed by atoms with Gasteiger partial charge in [-0.3, -0.25) is 14.2 Å². The van der Waals surface area contributed by atoms with Gasteiger partial charge in [-0.15, -0.1) is 11.3 Å². The number of hydrogen-bond donors (Lipinski definition) is 0. The molecule has 0 fully saturated rings. The highest BCUT2D eigenvalue weighted by Crippen LogP contribution is 2.26. The molecule has 0 aliphatic heterocycles. The van der Waals surface area contributed by atoms with E-state index in [1.54, 1.807) is 18.2 Å².